The summed E-state index contributed by atoms with van der Waals surface area (Å²) in [6, 6.07) is 3.28. The quantitative estimate of drug-likeness (QED) is 0.915. The Labute approximate surface area is 103 Å². The zero-order valence-electron chi connectivity index (χ0n) is 8.73. The van der Waals surface area contributed by atoms with Crippen LogP contribution < -0.4 is 4.72 Å². The van der Waals surface area contributed by atoms with Gasteiger partial charge in [-0.15, -0.1) is 0 Å². The van der Waals surface area contributed by atoms with Gasteiger partial charge in [0.1, 0.15) is 10.4 Å². The smallest absolute Gasteiger partial charge is 0.243 e. The molecule has 1 rings (SSSR count). The normalized spacial score (nSPS) is 12.1. The van der Waals surface area contributed by atoms with Crippen LogP contribution in [0.5, 0.6) is 0 Å². The number of hydrogen-bond donors (Lipinski definition) is 1. The van der Waals surface area contributed by atoms with Crippen molar-refractivity contribution in [3.63, 3.8) is 0 Å². The van der Waals surface area contributed by atoms with Gasteiger partial charge >= 0.3 is 0 Å². The first kappa shape index (κ1) is 13.1. The Kier molecular flexibility index (Phi) is 3.68. The minimum Gasteiger partial charge on any atom is -0.262 e. The number of hydrogen-bond acceptors (Lipinski definition) is 4. The lowest BCUT2D eigenvalue weighted by atomic mass is 10.1. The molecular formula is C9H10BrN3O2S. The summed E-state index contributed by atoms with van der Waals surface area (Å²) in [6.45, 7) is 2.96. The van der Waals surface area contributed by atoms with E-state index in [1.807, 2.05) is 6.07 Å². The molecule has 0 unspecified atom stereocenters. The minimum atomic E-state index is -3.72. The first-order valence-corrected chi connectivity index (χ1v) is 6.60. The summed E-state index contributed by atoms with van der Waals surface area (Å²) < 4.78 is 26.5. The van der Waals surface area contributed by atoms with Crippen LogP contribution in [0.3, 0.4) is 0 Å². The summed E-state index contributed by atoms with van der Waals surface area (Å²) in [6.07, 6.45) is 2.70. The lowest BCUT2D eigenvalue weighted by molar-refractivity contribution is 0.535. The third-order valence-electron chi connectivity index (χ3n) is 1.66. The van der Waals surface area contributed by atoms with Crippen molar-refractivity contribution in [2.45, 2.75) is 24.3 Å². The monoisotopic (exact) mass is 303 g/mol. The molecule has 16 heavy (non-hydrogen) atoms. The molecule has 1 heterocycles. The van der Waals surface area contributed by atoms with Crippen LogP contribution in [0.4, 0.5) is 0 Å². The van der Waals surface area contributed by atoms with E-state index in [9.17, 15) is 8.42 Å². The highest BCUT2D eigenvalue weighted by atomic mass is 79.9. The molecule has 0 fully saturated rings. The largest absolute Gasteiger partial charge is 0.262 e. The van der Waals surface area contributed by atoms with Gasteiger partial charge in [0.25, 0.3) is 0 Å². The summed E-state index contributed by atoms with van der Waals surface area (Å²) in [7, 11) is -3.72. The Balaban J connectivity index is 3.10. The highest BCUT2D eigenvalue weighted by Crippen LogP contribution is 2.16. The third-order valence-corrected chi connectivity index (χ3v) is 3.72. The highest BCUT2D eigenvalue weighted by Gasteiger charge is 2.26. The van der Waals surface area contributed by atoms with Crippen LogP contribution in [0.25, 0.3) is 0 Å². The van der Waals surface area contributed by atoms with E-state index in [2.05, 4.69) is 25.6 Å². The SMILES string of the molecule is CC(C)(C#N)NS(=O)(=O)c1cncc(Br)c1. The van der Waals surface area contributed by atoms with Gasteiger partial charge in [-0.1, -0.05) is 0 Å². The van der Waals surface area contributed by atoms with Gasteiger partial charge in [0.05, 0.1) is 6.07 Å². The molecule has 1 N–H and O–H groups in total. The van der Waals surface area contributed by atoms with Gasteiger partial charge in [-0.2, -0.15) is 9.98 Å². The Bertz CT molecular complexity index is 534. The van der Waals surface area contributed by atoms with Crippen LogP contribution in [-0.2, 0) is 10.0 Å². The molecule has 1 aromatic rings. The third kappa shape index (κ3) is 3.27. The maximum Gasteiger partial charge on any atom is 0.243 e. The van der Waals surface area contributed by atoms with Gasteiger partial charge in [-0.25, -0.2) is 8.42 Å². The molecule has 86 valence electrons. The van der Waals surface area contributed by atoms with Crippen molar-refractivity contribution in [2.75, 3.05) is 0 Å². The van der Waals surface area contributed by atoms with Crippen molar-refractivity contribution in [3.8, 4) is 6.07 Å². The summed E-state index contributed by atoms with van der Waals surface area (Å²) in [5, 5.41) is 8.76. The van der Waals surface area contributed by atoms with Crippen molar-refractivity contribution < 1.29 is 8.42 Å². The zero-order chi connectivity index (χ0) is 12.4. The Morgan fingerprint density at radius 1 is 1.50 bits per heavy atom. The van der Waals surface area contributed by atoms with Gasteiger partial charge in [0, 0.05) is 16.9 Å². The van der Waals surface area contributed by atoms with Crippen molar-refractivity contribution >= 4 is 26.0 Å². The molecule has 0 aliphatic rings. The van der Waals surface area contributed by atoms with E-state index in [4.69, 9.17) is 5.26 Å². The molecule has 0 aliphatic carbocycles. The maximum atomic E-state index is 11.8. The van der Waals surface area contributed by atoms with Crippen molar-refractivity contribution in [2.24, 2.45) is 0 Å². The fourth-order valence-electron chi connectivity index (χ4n) is 0.957. The minimum absolute atomic E-state index is 0.0187. The second kappa shape index (κ2) is 4.49. The van der Waals surface area contributed by atoms with Gasteiger partial charge in [-0.3, -0.25) is 4.98 Å². The molecule has 0 atom stereocenters. The van der Waals surface area contributed by atoms with Crippen molar-refractivity contribution in [1.82, 2.24) is 9.71 Å². The van der Waals surface area contributed by atoms with Gasteiger partial charge in [-0.05, 0) is 35.8 Å². The Morgan fingerprint density at radius 3 is 2.62 bits per heavy atom. The first-order valence-electron chi connectivity index (χ1n) is 4.33. The molecule has 1 aromatic heterocycles. The van der Waals surface area contributed by atoms with E-state index in [1.54, 1.807) is 0 Å². The van der Waals surface area contributed by atoms with Gasteiger partial charge in [0.2, 0.25) is 10.0 Å². The van der Waals surface area contributed by atoms with E-state index < -0.39 is 15.6 Å². The number of nitriles is 1. The van der Waals surface area contributed by atoms with E-state index >= 15 is 0 Å². The van der Waals surface area contributed by atoms with Crippen LogP contribution in [-0.4, -0.2) is 18.9 Å². The zero-order valence-corrected chi connectivity index (χ0v) is 11.1. The molecule has 0 bridgehead atoms. The molecule has 0 amide bonds. The topological polar surface area (TPSA) is 82.9 Å². The lowest BCUT2D eigenvalue weighted by Gasteiger charge is -2.17. The fourth-order valence-corrected chi connectivity index (χ4v) is 2.79. The van der Waals surface area contributed by atoms with E-state index in [0.717, 1.165) is 0 Å². The maximum absolute atomic E-state index is 11.8. The molecule has 0 aliphatic heterocycles. The van der Waals surface area contributed by atoms with Crippen LogP contribution in [0, 0.1) is 11.3 Å². The molecule has 0 aromatic carbocycles. The number of nitrogens with zero attached hydrogens (tertiary/aromatic N) is 2. The predicted molar refractivity (Wildman–Crippen MR) is 62.0 cm³/mol. The number of aromatic nitrogens is 1. The summed E-state index contributed by atoms with van der Waals surface area (Å²) in [5.41, 5.74) is -1.15. The summed E-state index contributed by atoms with van der Waals surface area (Å²) >= 11 is 3.13. The van der Waals surface area contributed by atoms with E-state index in [0.29, 0.717) is 4.47 Å². The average molecular weight is 304 g/mol. The number of nitrogens with one attached hydrogen (secondary N) is 1. The average Bonchev–Trinajstić information content (AvgIpc) is 2.16. The van der Waals surface area contributed by atoms with Crippen molar-refractivity contribution in [3.05, 3.63) is 22.9 Å². The van der Waals surface area contributed by atoms with Gasteiger partial charge in [0.15, 0.2) is 0 Å². The Morgan fingerprint density at radius 2 is 2.12 bits per heavy atom. The van der Waals surface area contributed by atoms with Crippen LogP contribution >= 0.6 is 15.9 Å². The van der Waals surface area contributed by atoms with E-state index in [1.165, 1.54) is 32.3 Å². The number of sulfonamides is 1. The van der Waals surface area contributed by atoms with Crippen LogP contribution in [0.1, 0.15) is 13.8 Å². The van der Waals surface area contributed by atoms with Gasteiger partial charge < -0.3 is 0 Å². The standard InChI is InChI=1S/C9H10BrN3O2S/c1-9(2,6-11)13-16(14,15)8-3-7(10)4-12-5-8/h3-5,13H,1-2H3. The molecule has 0 spiro atoms. The highest BCUT2D eigenvalue weighted by molar-refractivity contribution is 9.10. The van der Waals surface area contributed by atoms with Crippen LogP contribution in [0.2, 0.25) is 0 Å². The van der Waals surface area contributed by atoms with Crippen molar-refractivity contribution in [1.29, 1.82) is 5.26 Å². The molecular weight excluding hydrogens is 294 g/mol. The predicted octanol–water partition coefficient (Wildman–Crippen LogP) is 1.42. The first-order chi connectivity index (χ1) is 7.27. The van der Waals surface area contributed by atoms with Crippen LogP contribution in [0.15, 0.2) is 27.8 Å². The summed E-state index contributed by atoms with van der Waals surface area (Å²) in [4.78, 5) is 3.78. The summed E-state index contributed by atoms with van der Waals surface area (Å²) in [5.74, 6) is 0. The number of pyridine rings is 1. The molecule has 0 saturated heterocycles. The molecule has 0 radical (unpaired) electrons. The molecule has 5 nitrogen and oxygen atoms in total. The number of rotatable bonds is 3. The van der Waals surface area contributed by atoms with E-state index in [-0.39, 0.29) is 4.90 Å². The molecule has 0 saturated carbocycles. The Hall–Kier alpha value is -0.970. The second-order valence-electron chi connectivity index (χ2n) is 3.68. The second-order valence-corrected chi connectivity index (χ2v) is 6.28. The fraction of sp³-hybridized carbons (Fsp3) is 0.333. The molecule has 7 heteroatoms. The number of halogens is 1. The lowest BCUT2D eigenvalue weighted by Crippen LogP contribution is -2.41.